The van der Waals surface area contributed by atoms with Crippen LogP contribution >= 0.6 is 0 Å². The highest BCUT2D eigenvalue weighted by atomic mass is 19.1. The van der Waals surface area contributed by atoms with E-state index in [0.717, 1.165) is 18.2 Å². The van der Waals surface area contributed by atoms with E-state index in [1.807, 2.05) is 0 Å². The van der Waals surface area contributed by atoms with Gasteiger partial charge in [0, 0.05) is 5.41 Å². The molecule has 0 aliphatic heterocycles. The molecule has 0 aromatic heterocycles. The standard InChI is InChI=1S/C12H16F2O2/c1-2-12(7-15,8-16)6-9-5-10(13)3-4-11(9)14/h3-5,15-16H,2,6-8H2,1H3. The third-order valence-corrected chi connectivity index (χ3v) is 2.99. The highest BCUT2D eigenvalue weighted by Crippen LogP contribution is 2.27. The Kier molecular flexibility index (Phi) is 4.38. The molecule has 0 bridgehead atoms. The fraction of sp³-hybridized carbons (Fsp3) is 0.500. The van der Waals surface area contributed by atoms with Crippen LogP contribution < -0.4 is 0 Å². The average molecular weight is 230 g/mol. The summed E-state index contributed by atoms with van der Waals surface area (Å²) in [6, 6.07) is 3.20. The van der Waals surface area contributed by atoms with Crippen LogP contribution in [0.4, 0.5) is 8.78 Å². The van der Waals surface area contributed by atoms with Crippen molar-refractivity contribution in [3.05, 3.63) is 35.4 Å². The van der Waals surface area contributed by atoms with Crippen LogP contribution in [-0.2, 0) is 6.42 Å². The van der Waals surface area contributed by atoms with Crippen molar-refractivity contribution in [2.24, 2.45) is 5.41 Å². The SMILES string of the molecule is CCC(CO)(CO)Cc1cc(F)ccc1F. The highest BCUT2D eigenvalue weighted by Gasteiger charge is 2.28. The molecule has 0 fully saturated rings. The molecular weight excluding hydrogens is 214 g/mol. The smallest absolute Gasteiger partial charge is 0.126 e. The molecule has 1 aromatic carbocycles. The third kappa shape index (κ3) is 2.77. The van der Waals surface area contributed by atoms with Crippen molar-refractivity contribution >= 4 is 0 Å². The van der Waals surface area contributed by atoms with Gasteiger partial charge in [0.1, 0.15) is 11.6 Å². The van der Waals surface area contributed by atoms with Gasteiger partial charge in [0.05, 0.1) is 13.2 Å². The van der Waals surface area contributed by atoms with Gasteiger partial charge in [0.25, 0.3) is 0 Å². The highest BCUT2D eigenvalue weighted by molar-refractivity contribution is 5.20. The zero-order chi connectivity index (χ0) is 12.2. The second kappa shape index (κ2) is 5.37. The molecule has 0 atom stereocenters. The van der Waals surface area contributed by atoms with E-state index in [-0.39, 0.29) is 25.2 Å². The molecular formula is C12H16F2O2. The minimum atomic E-state index is -0.783. The number of aliphatic hydroxyl groups excluding tert-OH is 2. The maximum Gasteiger partial charge on any atom is 0.126 e. The molecule has 1 rings (SSSR count). The number of hydrogen-bond donors (Lipinski definition) is 2. The van der Waals surface area contributed by atoms with E-state index < -0.39 is 17.0 Å². The second-order valence-corrected chi connectivity index (χ2v) is 4.08. The Bertz CT molecular complexity index is 341. The number of halogens is 2. The molecule has 1 aromatic rings. The van der Waals surface area contributed by atoms with Gasteiger partial charge in [0.15, 0.2) is 0 Å². The summed E-state index contributed by atoms with van der Waals surface area (Å²) in [6.07, 6.45) is 0.621. The summed E-state index contributed by atoms with van der Waals surface area (Å²) in [5.74, 6) is -1.03. The molecule has 0 saturated heterocycles. The Labute approximate surface area is 93.5 Å². The number of rotatable bonds is 5. The van der Waals surface area contributed by atoms with E-state index in [4.69, 9.17) is 0 Å². The first-order valence-corrected chi connectivity index (χ1v) is 5.22. The van der Waals surface area contributed by atoms with Gasteiger partial charge in [-0.1, -0.05) is 6.92 Å². The Morgan fingerprint density at radius 1 is 1.19 bits per heavy atom. The average Bonchev–Trinajstić information content (AvgIpc) is 2.31. The lowest BCUT2D eigenvalue weighted by Gasteiger charge is -2.28. The Hall–Kier alpha value is -1.00. The van der Waals surface area contributed by atoms with Gasteiger partial charge < -0.3 is 10.2 Å². The van der Waals surface area contributed by atoms with E-state index in [1.165, 1.54) is 0 Å². The molecule has 0 amide bonds. The Balaban J connectivity index is 2.97. The predicted molar refractivity (Wildman–Crippen MR) is 57.0 cm³/mol. The summed E-state index contributed by atoms with van der Waals surface area (Å²) in [5.41, 5.74) is -0.598. The molecule has 0 unspecified atom stereocenters. The van der Waals surface area contributed by atoms with Gasteiger partial charge in [0.2, 0.25) is 0 Å². The van der Waals surface area contributed by atoms with Crippen LogP contribution in [0.15, 0.2) is 18.2 Å². The van der Waals surface area contributed by atoms with Crippen molar-refractivity contribution in [3.63, 3.8) is 0 Å². The minimum absolute atomic E-state index is 0.125. The number of aliphatic hydroxyl groups is 2. The summed E-state index contributed by atoms with van der Waals surface area (Å²) in [7, 11) is 0. The summed E-state index contributed by atoms with van der Waals surface area (Å²) >= 11 is 0. The molecule has 0 spiro atoms. The lowest BCUT2D eigenvalue weighted by Crippen LogP contribution is -2.32. The molecule has 0 saturated carbocycles. The van der Waals surface area contributed by atoms with Crippen LogP contribution in [0.5, 0.6) is 0 Å². The van der Waals surface area contributed by atoms with Crippen LogP contribution in [0.3, 0.4) is 0 Å². The fourth-order valence-electron chi connectivity index (χ4n) is 1.59. The van der Waals surface area contributed by atoms with Gasteiger partial charge in [-0.25, -0.2) is 8.78 Å². The van der Waals surface area contributed by atoms with Crippen LogP contribution in [-0.4, -0.2) is 23.4 Å². The van der Waals surface area contributed by atoms with Gasteiger partial charge >= 0.3 is 0 Å². The largest absolute Gasteiger partial charge is 0.396 e. The number of benzene rings is 1. The molecule has 2 N–H and O–H groups in total. The van der Waals surface area contributed by atoms with Gasteiger partial charge in [-0.3, -0.25) is 0 Å². The molecule has 0 aliphatic carbocycles. The summed E-state index contributed by atoms with van der Waals surface area (Å²) in [4.78, 5) is 0. The van der Waals surface area contributed by atoms with Crippen molar-refractivity contribution in [3.8, 4) is 0 Å². The van der Waals surface area contributed by atoms with E-state index in [1.54, 1.807) is 6.92 Å². The molecule has 90 valence electrons. The maximum absolute atomic E-state index is 13.4. The zero-order valence-electron chi connectivity index (χ0n) is 9.21. The first-order chi connectivity index (χ1) is 7.56. The van der Waals surface area contributed by atoms with E-state index in [2.05, 4.69) is 0 Å². The third-order valence-electron chi connectivity index (χ3n) is 2.99. The molecule has 0 radical (unpaired) electrons. The van der Waals surface area contributed by atoms with Gasteiger partial charge in [-0.2, -0.15) is 0 Å². The molecule has 16 heavy (non-hydrogen) atoms. The molecule has 0 heterocycles. The molecule has 0 aliphatic rings. The van der Waals surface area contributed by atoms with Crippen LogP contribution in [0.1, 0.15) is 18.9 Å². The Morgan fingerprint density at radius 3 is 2.31 bits per heavy atom. The summed E-state index contributed by atoms with van der Waals surface area (Å²) in [5, 5.41) is 18.4. The van der Waals surface area contributed by atoms with Gasteiger partial charge in [-0.05, 0) is 36.6 Å². The van der Waals surface area contributed by atoms with E-state index in [9.17, 15) is 19.0 Å². The van der Waals surface area contributed by atoms with Crippen molar-refractivity contribution < 1.29 is 19.0 Å². The van der Waals surface area contributed by atoms with Crippen LogP contribution in [0.2, 0.25) is 0 Å². The number of hydrogen-bond acceptors (Lipinski definition) is 2. The zero-order valence-corrected chi connectivity index (χ0v) is 9.21. The molecule has 4 heteroatoms. The first-order valence-electron chi connectivity index (χ1n) is 5.22. The summed E-state index contributed by atoms with van der Waals surface area (Å²) in [6.45, 7) is 1.29. The van der Waals surface area contributed by atoms with Crippen molar-refractivity contribution in [2.75, 3.05) is 13.2 Å². The first kappa shape index (κ1) is 13.1. The minimum Gasteiger partial charge on any atom is -0.396 e. The van der Waals surface area contributed by atoms with Gasteiger partial charge in [-0.15, -0.1) is 0 Å². The lowest BCUT2D eigenvalue weighted by atomic mass is 9.80. The lowest BCUT2D eigenvalue weighted by molar-refractivity contribution is 0.0507. The fourth-order valence-corrected chi connectivity index (χ4v) is 1.59. The van der Waals surface area contributed by atoms with E-state index in [0.29, 0.717) is 6.42 Å². The molecule has 2 nitrogen and oxygen atoms in total. The second-order valence-electron chi connectivity index (χ2n) is 4.08. The quantitative estimate of drug-likeness (QED) is 0.811. The Morgan fingerprint density at radius 2 is 1.81 bits per heavy atom. The van der Waals surface area contributed by atoms with Crippen molar-refractivity contribution in [1.82, 2.24) is 0 Å². The normalized spacial score (nSPS) is 11.8. The van der Waals surface area contributed by atoms with Crippen LogP contribution in [0.25, 0.3) is 0 Å². The van der Waals surface area contributed by atoms with E-state index >= 15 is 0 Å². The van der Waals surface area contributed by atoms with Crippen molar-refractivity contribution in [2.45, 2.75) is 19.8 Å². The topological polar surface area (TPSA) is 40.5 Å². The monoisotopic (exact) mass is 230 g/mol. The van der Waals surface area contributed by atoms with Crippen molar-refractivity contribution in [1.29, 1.82) is 0 Å². The van der Waals surface area contributed by atoms with Crippen LogP contribution in [0, 0.1) is 17.0 Å². The predicted octanol–water partition coefficient (Wildman–Crippen LogP) is 1.89. The maximum atomic E-state index is 13.4. The summed E-state index contributed by atoms with van der Waals surface area (Å²) < 4.78 is 26.3.